The fourth-order valence-corrected chi connectivity index (χ4v) is 3.52. The molecule has 4 nitrogen and oxygen atoms in total. The normalized spacial score (nSPS) is 19.2. The van der Waals surface area contributed by atoms with Crippen LogP contribution in [0.4, 0.5) is 4.79 Å². The number of carboxylic acid groups (broad SMARTS) is 1. The van der Waals surface area contributed by atoms with Crippen LogP contribution in [-0.4, -0.2) is 41.4 Å². The van der Waals surface area contributed by atoms with Crippen LogP contribution in [0, 0.1) is 0 Å². The molecule has 1 fully saturated rings. The van der Waals surface area contributed by atoms with Gasteiger partial charge in [0.05, 0.1) is 18.2 Å². The first-order valence-corrected chi connectivity index (χ1v) is 7.77. The molecule has 120 valence electrons. The van der Waals surface area contributed by atoms with E-state index in [1.165, 1.54) is 4.90 Å². The Labute approximate surface area is 136 Å². The van der Waals surface area contributed by atoms with Gasteiger partial charge in [0.1, 0.15) is 0 Å². The van der Waals surface area contributed by atoms with E-state index < -0.39 is 11.6 Å². The van der Waals surface area contributed by atoms with Crippen LogP contribution >= 0.6 is 0 Å². The third-order valence-electron chi connectivity index (χ3n) is 4.71. The molecule has 0 aromatic heterocycles. The molecule has 1 heterocycles. The summed E-state index contributed by atoms with van der Waals surface area (Å²) >= 11 is 0. The number of methoxy groups -OCH3 is 1. The Hall–Kier alpha value is -2.33. The summed E-state index contributed by atoms with van der Waals surface area (Å²) in [4.78, 5) is 13.2. The van der Waals surface area contributed by atoms with E-state index in [4.69, 9.17) is 4.74 Å². The molecule has 3 rings (SSSR count). The van der Waals surface area contributed by atoms with Gasteiger partial charge in [0, 0.05) is 7.11 Å². The topological polar surface area (TPSA) is 49.8 Å². The van der Waals surface area contributed by atoms with Gasteiger partial charge < -0.3 is 9.84 Å². The minimum atomic E-state index is -0.884. The number of hydrogen-bond donors (Lipinski definition) is 1. The Kier molecular flexibility index (Phi) is 4.35. The molecular weight excluding hydrogens is 290 g/mol. The van der Waals surface area contributed by atoms with Gasteiger partial charge in [0.2, 0.25) is 0 Å². The molecule has 23 heavy (non-hydrogen) atoms. The van der Waals surface area contributed by atoms with Crippen molar-refractivity contribution in [2.24, 2.45) is 0 Å². The second-order valence-corrected chi connectivity index (χ2v) is 6.05. The number of ether oxygens (including phenoxy) is 1. The van der Waals surface area contributed by atoms with E-state index in [0.717, 1.165) is 11.1 Å². The van der Waals surface area contributed by atoms with Crippen LogP contribution < -0.4 is 0 Å². The summed E-state index contributed by atoms with van der Waals surface area (Å²) in [7, 11) is 1.66. The molecule has 0 bridgehead atoms. The number of amides is 1. The fraction of sp³-hybridized carbons (Fsp3) is 0.316. The van der Waals surface area contributed by atoms with E-state index in [9.17, 15) is 9.90 Å². The van der Waals surface area contributed by atoms with E-state index in [2.05, 4.69) is 0 Å². The average Bonchev–Trinajstić information content (AvgIpc) is 2.55. The smallest absolute Gasteiger partial charge is 0.407 e. The first kappa shape index (κ1) is 15.6. The maximum Gasteiger partial charge on any atom is 0.407 e. The van der Waals surface area contributed by atoms with Crippen LogP contribution in [0.1, 0.15) is 11.1 Å². The quantitative estimate of drug-likeness (QED) is 0.922. The van der Waals surface area contributed by atoms with Gasteiger partial charge in [-0.1, -0.05) is 60.7 Å². The lowest BCUT2D eigenvalue weighted by Crippen LogP contribution is -2.74. The lowest BCUT2D eigenvalue weighted by atomic mass is 9.72. The van der Waals surface area contributed by atoms with Crippen molar-refractivity contribution in [3.63, 3.8) is 0 Å². The minimum absolute atomic E-state index is 0.0981. The van der Waals surface area contributed by atoms with Gasteiger partial charge >= 0.3 is 6.09 Å². The number of hydrogen-bond acceptors (Lipinski definition) is 2. The molecule has 4 heteroatoms. The minimum Gasteiger partial charge on any atom is -0.465 e. The van der Waals surface area contributed by atoms with Crippen molar-refractivity contribution in [3.8, 4) is 0 Å². The average molecular weight is 311 g/mol. The van der Waals surface area contributed by atoms with Gasteiger partial charge in [-0.05, 0) is 24.0 Å². The maximum absolute atomic E-state index is 11.7. The Balaban J connectivity index is 1.96. The monoisotopic (exact) mass is 311 g/mol. The number of rotatable bonds is 5. The van der Waals surface area contributed by atoms with E-state index >= 15 is 0 Å². The molecule has 0 aliphatic carbocycles. The Morgan fingerprint density at radius 2 is 1.57 bits per heavy atom. The molecule has 1 aliphatic heterocycles. The van der Waals surface area contributed by atoms with Crippen molar-refractivity contribution in [1.82, 2.24) is 4.90 Å². The summed E-state index contributed by atoms with van der Waals surface area (Å²) in [5.41, 5.74) is 1.69. The Bertz CT molecular complexity index is 615. The lowest BCUT2D eigenvalue weighted by Gasteiger charge is -2.56. The number of carbonyl (C=O) groups is 1. The highest BCUT2D eigenvalue weighted by atomic mass is 16.5. The van der Waals surface area contributed by atoms with Crippen LogP contribution in [0.5, 0.6) is 0 Å². The van der Waals surface area contributed by atoms with Gasteiger partial charge in [0.15, 0.2) is 0 Å². The summed E-state index contributed by atoms with van der Waals surface area (Å²) in [5, 5.41) is 9.61. The van der Waals surface area contributed by atoms with Crippen molar-refractivity contribution < 1.29 is 14.6 Å². The summed E-state index contributed by atoms with van der Waals surface area (Å²) < 4.78 is 5.62. The highest BCUT2D eigenvalue weighted by Crippen LogP contribution is 2.39. The molecule has 1 N–H and O–H groups in total. The molecule has 1 amide bonds. The molecule has 2 aromatic rings. The summed E-state index contributed by atoms with van der Waals surface area (Å²) in [5.74, 6) is 0. The zero-order valence-electron chi connectivity index (χ0n) is 13.2. The van der Waals surface area contributed by atoms with Crippen molar-refractivity contribution >= 4 is 6.09 Å². The molecule has 1 atom stereocenters. The molecule has 1 aliphatic rings. The van der Waals surface area contributed by atoms with Crippen LogP contribution in [0.3, 0.4) is 0 Å². The van der Waals surface area contributed by atoms with Gasteiger partial charge in [-0.25, -0.2) is 4.79 Å². The fourth-order valence-electron chi connectivity index (χ4n) is 3.52. The predicted molar refractivity (Wildman–Crippen MR) is 88.6 cm³/mol. The van der Waals surface area contributed by atoms with Crippen LogP contribution in [0.15, 0.2) is 60.7 Å². The van der Waals surface area contributed by atoms with Crippen molar-refractivity contribution in [2.75, 3.05) is 13.7 Å². The van der Waals surface area contributed by atoms with Crippen molar-refractivity contribution in [3.05, 3.63) is 71.8 Å². The summed E-state index contributed by atoms with van der Waals surface area (Å²) in [6, 6.07) is 20.0. The second kappa shape index (κ2) is 6.42. The molecule has 1 saturated heterocycles. The van der Waals surface area contributed by atoms with Crippen LogP contribution in [0.25, 0.3) is 0 Å². The second-order valence-electron chi connectivity index (χ2n) is 6.05. The number of likely N-dealkylation sites (tertiary alicyclic amines) is 1. The van der Waals surface area contributed by atoms with Gasteiger partial charge in [-0.3, -0.25) is 4.90 Å². The first-order valence-electron chi connectivity index (χ1n) is 7.77. The molecule has 0 radical (unpaired) electrons. The molecule has 0 unspecified atom stereocenters. The third-order valence-corrected chi connectivity index (χ3v) is 4.71. The van der Waals surface area contributed by atoms with Crippen LogP contribution in [-0.2, 0) is 17.6 Å². The van der Waals surface area contributed by atoms with Gasteiger partial charge in [0.25, 0.3) is 0 Å². The van der Waals surface area contributed by atoms with Crippen molar-refractivity contribution in [1.29, 1.82) is 0 Å². The number of nitrogens with zero attached hydrogens (tertiary/aromatic N) is 1. The number of benzene rings is 2. The van der Waals surface area contributed by atoms with E-state index in [1.54, 1.807) is 7.11 Å². The van der Waals surface area contributed by atoms with Gasteiger partial charge in [-0.15, -0.1) is 0 Å². The van der Waals surface area contributed by atoms with Crippen molar-refractivity contribution in [2.45, 2.75) is 24.5 Å². The predicted octanol–water partition coefficient (Wildman–Crippen LogP) is 3.22. The summed E-state index contributed by atoms with van der Waals surface area (Å²) in [6.45, 7) is 0.422. The van der Waals surface area contributed by atoms with Crippen LogP contribution in [0.2, 0.25) is 0 Å². The standard InChI is InChI=1S/C19H21NO3/c1-23-17-14-20(18(21)22)19(17,12-15-8-4-2-5-9-15)13-16-10-6-3-7-11-16/h2-11,17H,12-14H2,1H3,(H,21,22)/t17-/m0/s1. The largest absolute Gasteiger partial charge is 0.465 e. The van der Waals surface area contributed by atoms with E-state index in [0.29, 0.717) is 19.4 Å². The summed E-state index contributed by atoms with van der Waals surface area (Å²) in [6.07, 6.45) is 0.310. The molecule has 2 aromatic carbocycles. The van der Waals surface area contributed by atoms with Gasteiger partial charge in [-0.2, -0.15) is 0 Å². The third kappa shape index (κ3) is 2.94. The lowest BCUT2D eigenvalue weighted by molar-refractivity contribution is -0.135. The first-order chi connectivity index (χ1) is 11.2. The molecular formula is C19H21NO3. The zero-order valence-corrected chi connectivity index (χ0v) is 13.2. The molecule has 0 spiro atoms. The highest BCUT2D eigenvalue weighted by molar-refractivity contribution is 5.68. The SMILES string of the molecule is CO[C@H]1CN(C(=O)O)C1(Cc1ccccc1)Cc1ccccc1. The molecule has 0 saturated carbocycles. The highest BCUT2D eigenvalue weighted by Gasteiger charge is 2.56. The van der Waals surface area contributed by atoms with E-state index in [1.807, 2.05) is 60.7 Å². The Morgan fingerprint density at radius 3 is 1.96 bits per heavy atom. The van der Waals surface area contributed by atoms with E-state index in [-0.39, 0.29) is 6.10 Å². The maximum atomic E-state index is 11.7. The Morgan fingerprint density at radius 1 is 1.09 bits per heavy atom. The zero-order chi connectivity index (χ0) is 16.3.